The third-order valence-electron chi connectivity index (χ3n) is 2.79. The molecule has 1 fully saturated rings. The summed E-state index contributed by atoms with van der Waals surface area (Å²) < 4.78 is 5.55. The largest absolute Gasteiger partial charge is 0.389 e. The molecule has 0 radical (unpaired) electrons. The van der Waals surface area contributed by atoms with Crippen LogP contribution in [0.5, 0.6) is 0 Å². The summed E-state index contributed by atoms with van der Waals surface area (Å²) in [6, 6.07) is 1.77. The van der Waals surface area contributed by atoms with E-state index in [1.807, 2.05) is 0 Å². The molecule has 1 aliphatic carbocycles. The van der Waals surface area contributed by atoms with Gasteiger partial charge < -0.3 is 15.8 Å². The summed E-state index contributed by atoms with van der Waals surface area (Å²) in [5, 5.41) is 11.0. The van der Waals surface area contributed by atoms with E-state index in [4.69, 9.17) is 22.7 Å². The predicted octanol–water partition coefficient (Wildman–Crippen LogP) is 1.34. The minimum atomic E-state index is 0.331. The fraction of sp³-hybridized carbons (Fsp3) is 0.583. The van der Waals surface area contributed by atoms with Crippen LogP contribution in [0.25, 0.3) is 0 Å². The van der Waals surface area contributed by atoms with Gasteiger partial charge in [0.2, 0.25) is 0 Å². The van der Waals surface area contributed by atoms with Gasteiger partial charge in [0.25, 0.3) is 0 Å². The fourth-order valence-electron chi connectivity index (χ4n) is 1.58. The Morgan fingerprint density at radius 3 is 3.11 bits per heavy atom. The second kappa shape index (κ2) is 6.61. The number of rotatable bonds is 8. The van der Waals surface area contributed by atoms with Gasteiger partial charge in [0.15, 0.2) is 5.82 Å². The number of nitrogens with zero attached hydrogens (tertiary/aromatic N) is 2. The van der Waals surface area contributed by atoms with Gasteiger partial charge in [-0.05, 0) is 31.2 Å². The molecule has 1 aromatic heterocycles. The van der Waals surface area contributed by atoms with Crippen LogP contribution in [0, 0.1) is 5.92 Å². The molecule has 3 N–H and O–H groups in total. The first-order valence-electron chi connectivity index (χ1n) is 6.20. The molecule has 0 spiro atoms. The van der Waals surface area contributed by atoms with Crippen molar-refractivity contribution in [2.45, 2.75) is 19.3 Å². The van der Waals surface area contributed by atoms with Crippen LogP contribution in [0.15, 0.2) is 12.3 Å². The highest BCUT2D eigenvalue weighted by molar-refractivity contribution is 7.80. The van der Waals surface area contributed by atoms with Crippen molar-refractivity contribution in [2.75, 3.05) is 25.1 Å². The smallest absolute Gasteiger partial charge is 0.158 e. The molecule has 1 aromatic rings. The zero-order valence-corrected chi connectivity index (χ0v) is 11.1. The molecule has 1 saturated carbocycles. The molecule has 6 heteroatoms. The first-order valence-corrected chi connectivity index (χ1v) is 6.61. The van der Waals surface area contributed by atoms with Crippen molar-refractivity contribution < 1.29 is 4.74 Å². The molecule has 0 saturated heterocycles. The molecular weight excluding hydrogens is 248 g/mol. The molecule has 0 aliphatic heterocycles. The summed E-state index contributed by atoms with van der Waals surface area (Å²) in [5.41, 5.74) is 6.34. The van der Waals surface area contributed by atoms with Crippen LogP contribution in [0.2, 0.25) is 0 Å². The van der Waals surface area contributed by atoms with Crippen LogP contribution in [-0.2, 0) is 4.74 Å². The number of aromatic nitrogens is 2. The summed E-state index contributed by atoms with van der Waals surface area (Å²) in [6.45, 7) is 2.45. The monoisotopic (exact) mass is 266 g/mol. The lowest BCUT2D eigenvalue weighted by atomic mass is 10.3. The van der Waals surface area contributed by atoms with Crippen LogP contribution < -0.4 is 11.1 Å². The van der Waals surface area contributed by atoms with Crippen molar-refractivity contribution in [3.8, 4) is 0 Å². The van der Waals surface area contributed by atoms with Crippen LogP contribution in [0.4, 0.5) is 5.82 Å². The summed E-state index contributed by atoms with van der Waals surface area (Å²) in [6.07, 6.45) is 5.17. The highest BCUT2D eigenvalue weighted by Crippen LogP contribution is 2.28. The van der Waals surface area contributed by atoms with Crippen molar-refractivity contribution in [1.29, 1.82) is 0 Å². The van der Waals surface area contributed by atoms with Crippen LogP contribution in [0.1, 0.15) is 24.8 Å². The number of hydrogen-bond donors (Lipinski definition) is 2. The maximum absolute atomic E-state index is 5.61. The van der Waals surface area contributed by atoms with E-state index < -0.39 is 0 Å². The second-order valence-corrected chi connectivity index (χ2v) is 4.90. The first kappa shape index (κ1) is 13.2. The lowest BCUT2D eigenvalue weighted by Gasteiger charge is -2.08. The Labute approximate surface area is 112 Å². The summed E-state index contributed by atoms with van der Waals surface area (Å²) in [5.74, 6) is 1.46. The SMILES string of the molecule is NC(=S)c1ccnnc1NCCCOCC1CC1. The number of hydrogen-bond acceptors (Lipinski definition) is 5. The van der Waals surface area contributed by atoms with Gasteiger partial charge in [-0.2, -0.15) is 5.10 Å². The van der Waals surface area contributed by atoms with E-state index in [1.165, 1.54) is 12.8 Å². The molecule has 0 unspecified atom stereocenters. The topological polar surface area (TPSA) is 73.1 Å². The first-order chi connectivity index (χ1) is 8.77. The molecule has 0 aromatic carbocycles. The zero-order valence-electron chi connectivity index (χ0n) is 10.3. The Bertz CT molecular complexity index is 409. The number of anilines is 1. The average molecular weight is 266 g/mol. The van der Waals surface area contributed by atoms with Crippen molar-refractivity contribution >= 4 is 23.0 Å². The van der Waals surface area contributed by atoms with E-state index in [9.17, 15) is 0 Å². The Kier molecular flexibility index (Phi) is 4.83. The number of nitrogens with two attached hydrogens (primary N) is 1. The van der Waals surface area contributed by atoms with Gasteiger partial charge in [-0.3, -0.25) is 0 Å². The van der Waals surface area contributed by atoms with Gasteiger partial charge in [0.05, 0.1) is 11.8 Å². The molecular formula is C12H18N4OS. The Morgan fingerprint density at radius 2 is 2.39 bits per heavy atom. The van der Waals surface area contributed by atoms with Crippen molar-refractivity contribution in [2.24, 2.45) is 11.7 Å². The molecule has 2 rings (SSSR count). The highest BCUT2D eigenvalue weighted by atomic mass is 32.1. The molecule has 0 bridgehead atoms. The Hall–Kier alpha value is -1.27. The lowest BCUT2D eigenvalue weighted by Crippen LogP contribution is -2.16. The van der Waals surface area contributed by atoms with E-state index in [0.717, 1.165) is 37.7 Å². The summed E-state index contributed by atoms with van der Waals surface area (Å²) in [7, 11) is 0. The van der Waals surface area contributed by atoms with Gasteiger partial charge in [0.1, 0.15) is 4.99 Å². The van der Waals surface area contributed by atoms with Crippen LogP contribution in [-0.4, -0.2) is 34.9 Å². The van der Waals surface area contributed by atoms with Crippen LogP contribution in [0.3, 0.4) is 0 Å². The van der Waals surface area contributed by atoms with Crippen molar-refractivity contribution in [3.05, 3.63) is 17.8 Å². The van der Waals surface area contributed by atoms with E-state index in [0.29, 0.717) is 10.8 Å². The van der Waals surface area contributed by atoms with Gasteiger partial charge in [-0.25, -0.2) is 0 Å². The zero-order chi connectivity index (χ0) is 12.8. The standard InChI is InChI=1S/C12H18N4OS/c13-11(18)10-4-6-15-16-12(10)14-5-1-7-17-8-9-2-3-9/h4,6,9H,1-3,5,7-8H2,(H2,13,18)(H,14,16). The molecule has 5 nitrogen and oxygen atoms in total. The number of thiocarbonyl (C=S) groups is 1. The normalized spacial score (nSPS) is 14.4. The maximum Gasteiger partial charge on any atom is 0.158 e. The molecule has 18 heavy (non-hydrogen) atoms. The number of nitrogens with one attached hydrogen (secondary N) is 1. The van der Waals surface area contributed by atoms with E-state index in [-0.39, 0.29) is 0 Å². The molecule has 98 valence electrons. The van der Waals surface area contributed by atoms with Gasteiger partial charge in [-0.1, -0.05) is 12.2 Å². The van der Waals surface area contributed by atoms with Gasteiger partial charge >= 0.3 is 0 Å². The molecule has 0 atom stereocenters. The van der Waals surface area contributed by atoms with Gasteiger partial charge in [-0.15, -0.1) is 5.10 Å². The lowest BCUT2D eigenvalue weighted by molar-refractivity contribution is 0.124. The Morgan fingerprint density at radius 1 is 1.56 bits per heavy atom. The van der Waals surface area contributed by atoms with Crippen molar-refractivity contribution in [3.63, 3.8) is 0 Å². The van der Waals surface area contributed by atoms with Crippen molar-refractivity contribution in [1.82, 2.24) is 10.2 Å². The molecule has 1 heterocycles. The molecule has 0 amide bonds. The third-order valence-corrected chi connectivity index (χ3v) is 3.01. The summed E-state index contributed by atoms with van der Waals surface area (Å²) in [4.78, 5) is 0.331. The molecule has 1 aliphatic rings. The predicted molar refractivity (Wildman–Crippen MR) is 74.6 cm³/mol. The van der Waals surface area contributed by atoms with E-state index >= 15 is 0 Å². The number of ether oxygens (including phenoxy) is 1. The van der Waals surface area contributed by atoms with Gasteiger partial charge in [0, 0.05) is 19.8 Å². The fourth-order valence-corrected chi connectivity index (χ4v) is 1.74. The minimum Gasteiger partial charge on any atom is -0.389 e. The average Bonchev–Trinajstić information content (AvgIpc) is 3.18. The second-order valence-electron chi connectivity index (χ2n) is 4.46. The minimum absolute atomic E-state index is 0.331. The Balaban J connectivity index is 1.67. The maximum atomic E-state index is 5.61. The third kappa shape index (κ3) is 4.19. The quantitative estimate of drug-likeness (QED) is 0.546. The van der Waals surface area contributed by atoms with E-state index in [2.05, 4.69) is 15.5 Å². The van der Waals surface area contributed by atoms with E-state index in [1.54, 1.807) is 12.3 Å². The summed E-state index contributed by atoms with van der Waals surface area (Å²) >= 11 is 4.95. The highest BCUT2D eigenvalue weighted by Gasteiger charge is 2.20. The van der Waals surface area contributed by atoms with Crippen LogP contribution >= 0.6 is 12.2 Å².